The zero-order chi connectivity index (χ0) is 53.5. The number of aliphatic hydroxyl groups is 3. The van der Waals surface area contributed by atoms with Crippen LogP contribution in [0.5, 0.6) is 0 Å². The van der Waals surface area contributed by atoms with Gasteiger partial charge in [-0.1, -0.05) is 120 Å². The maximum absolute atomic E-state index is 10.9. The van der Waals surface area contributed by atoms with Gasteiger partial charge in [-0.05, 0) is 255 Å². The van der Waals surface area contributed by atoms with Gasteiger partial charge in [0.1, 0.15) is 0 Å². The van der Waals surface area contributed by atoms with E-state index in [9.17, 15) is 24.9 Å². The van der Waals surface area contributed by atoms with Gasteiger partial charge in [0, 0.05) is 26.1 Å². The van der Waals surface area contributed by atoms with Gasteiger partial charge in [-0.3, -0.25) is 14.9 Å². The molecule has 2 amide bonds. The van der Waals surface area contributed by atoms with E-state index < -0.39 is 0 Å². The van der Waals surface area contributed by atoms with E-state index in [1.807, 2.05) is 13.8 Å². The SMILES string of the molecule is C=C(C)[C@@H]1CC[C@]2(CO)CC[C@]3(C)C(CCC4[C@@]5(C)CC=CC(C)(C)C5CC[C@]43C)C12.C=C(C)[C@@H]1CC[C@]2(CO)CC[C@]3(C)C(CCC4[C@@]5(C)CC[C@H](O)C(C)(C)C5CC[C@]43C)C12.CC1(C)CC(=O)NC(=O)C1. The highest BCUT2D eigenvalue weighted by atomic mass is 16.3. The molecule has 0 spiro atoms. The zero-order valence-corrected chi connectivity index (χ0v) is 49.3. The molecule has 19 atom stereocenters. The fourth-order valence-corrected chi connectivity index (χ4v) is 23.9. The fourth-order valence-electron chi connectivity index (χ4n) is 23.9. The van der Waals surface area contributed by atoms with Gasteiger partial charge in [-0.15, -0.1) is 0 Å². The molecular weight excluding hydrogens is 899 g/mol. The van der Waals surface area contributed by atoms with Crippen LogP contribution < -0.4 is 5.32 Å². The fraction of sp³-hybridized carbons (Fsp3) is 0.881. The lowest BCUT2D eigenvalue weighted by molar-refractivity contribution is -0.249. The van der Waals surface area contributed by atoms with Crippen LogP contribution in [0.4, 0.5) is 0 Å². The number of rotatable bonds is 4. The Morgan fingerprint density at radius 2 is 0.986 bits per heavy atom. The number of carbonyl (C=O) groups is 2. The first-order chi connectivity index (χ1) is 33.8. The highest BCUT2D eigenvalue weighted by Gasteiger charge is 2.72. The number of piperidine rings is 1. The van der Waals surface area contributed by atoms with Gasteiger partial charge in [0.2, 0.25) is 11.8 Å². The summed E-state index contributed by atoms with van der Waals surface area (Å²) in [5, 5.41) is 34.4. The number of aliphatic hydroxyl groups excluding tert-OH is 3. The molecule has 0 bridgehead atoms. The minimum atomic E-state index is -0.152. The molecule has 11 rings (SSSR count). The van der Waals surface area contributed by atoms with Crippen molar-refractivity contribution in [3.8, 4) is 0 Å². The van der Waals surface area contributed by atoms with Crippen LogP contribution in [0, 0.1) is 119 Å². The lowest BCUT2D eigenvalue weighted by atomic mass is 9.32. The van der Waals surface area contributed by atoms with Crippen molar-refractivity contribution in [1.29, 1.82) is 0 Å². The predicted octanol–water partition coefficient (Wildman–Crippen LogP) is 15.2. The van der Waals surface area contributed by atoms with Crippen LogP contribution in [-0.2, 0) is 9.59 Å². The van der Waals surface area contributed by atoms with Crippen molar-refractivity contribution in [1.82, 2.24) is 5.32 Å². The van der Waals surface area contributed by atoms with E-state index in [2.05, 4.69) is 114 Å². The van der Waals surface area contributed by atoms with E-state index in [0.717, 1.165) is 36.0 Å². The molecule has 10 aliphatic carbocycles. The van der Waals surface area contributed by atoms with Crippen LogP contribution in [-0.4, -0.2) is 46.5 Å². The summed E-state index contributed by atoms with van der Waals surface area (Å²) in [7, 11) is 0. The molecule has 1 heterocycles. The molecule has 4 N–H and O–H groups in total. The number of hydrogen-bond donors (Lipinski definition) is 4. The first-order valence-corrected chi connectivity index (χ1v) is 30.5. The second kappa shape index (κ2) is 18.4. The molecule has 412 valence electrons. The Bertz CT molecular complexity index is 2190. The Hall–Kier alpha value is -1.76. The Labute approximate surface area is 446 Å². The Kier molecular flexibility index (Phi) is 14.1. The number of hydrogen-bond acceptors (Lipinski definition) is 5. The Morgan fingerprint density at radius 3 is 1.42 bits per heavy atom. The van der Waals surface area contributed by atoms with Crippen LogP contribution in [0.3, 0.4) is 0 Å². The van der Waals surface area contributed by atoms with E-state index in [1.54, 1.807) is 0 Å². The highest BCUT2D eigenvalue weighted by molar-refractivity contribution is 5.98. The first-order valence-electron chi connectivity index (χ1n) is 30.5. The third-order valence-electron chi connectivity index (χ3n) is 27.9. The molecule has 8 unspecified atom stereocenters. The zero-order valence-electron chi connectivity index (χ0n) is 49.3. The van der Waals surface area contributed by atoms with Gasteiger partial charge in [0.15, 0.2) is 0 Å². The van der Waals surface area contributed by atoms with Crippen LogP contribution >= 0.6 is 0 Å². The minimum Gasteiger partial charge on any atom is -0.396 e. The molecule has 9 saturated carbocycles. The maximum Gasteiger partial charge on any atom is 0.227 e. The number of fused-ring (bicyclic) bond motifs is 14. The number of allylic oxidation sites excluding steroid dienone is 4. The largest absolute Gasteiger partial charge is 0.396 e. The van der Waals surface area contributed by atoms with Crippen LogP contribution in [0.25, 0.3) is 0 Å². The molecule has 0 aromatic carbocycles. The second-order valence-corrected chi connectivity index (χ2v) is 32.2. The van der Waals surface area contributed by atoms with Crippen LogP contribution in [0.15, 0.2) is 36.5 Å². The van der Waals surface area contributed by atoms with Gasteiger partial charge in [0.25, 0.3) is 0 Å². The van der Waals surface area contributed by atoms with Gasteiger partial charge < -0.3 is 15.3 Å². The summed E-state index contributed by atoms with van der Waals surface area (Å²) < 4.78 is 0. The summed E-state index contributed by atoms with van der Waals surface area (Å²) in [6, 6.07) is 0. The molecule has 6 nitrogen and oxygen atoms in total. The van der Waals surface area contributed by atoms with E-state index in [4.69, 9.17) is 0 Å². The quantitative estimate of drug-likeness (QED) is 0.166. The summed E-state index contributed by atoms with van der Waals surface area (Å²) >= 11 is 0. The number of amides is 2. The van der Waals surface area contributed by atoms with Gasteiger partial charge in [-0.25, -0.2) is 0 Å². The summed E-state index contributed by atoms with van der Waals surface area (Å²) in [6.45, 7) is 43.7. The summed E-state index contributed by atoms with van der Waals surface area (Å²) in [4.78, 5) is 21.5. The average molecular weight is 1010 g/mol. The Morgan fingerprint density at radius 1 is 0.534 bits per heavy atom. The van der Waals surface area contributed by atoms with E-state index in [-0.39, 0.29) is 39.6 Å². The van der Waals surface area contributed by atoms with Crippen LogP contribution in [0.1, 0.15) is 232 Å². The third kappa shape index (κ3) is 8.16. The molecule has 0 aromatic rings. The van der Waals surface area contributed by atoms with Gasteiger partial charge in [-0.2, -0.15) is 0 Å². The normalized spacial score (nSPS) is 51.4. The maximum atomic E-state index is 10.9. The average Bonchev–Trinajstić information content (AvgIpc) is 3.88. The molecule has 0 aromatic heterocycles. The summed E-state index contributed by atoms with van der Waals surface area (Å²) in [5.74, 6) is 6.71. The molecular formula is C67H109NO5. The van der Waals surface area contributed by atoms with E-state index in [0.29, 0.717) is 93.5 Å². The van der Waals surface area contributed by atoms with Crippen molar-refractivity contribution < 1.29 is 24.9 Å². The second-order valence-electron chi connectivity index (χ2n) is 32.2. The molecule has 6 heteroatoms. The third-order valence-corrected chi connectivity index (χ3v) is 27.9. The summed E-state index contributed by atoms with van der Waals surface area (Å²) in [6.07, 6.45) is 30.1. The topological polar surface area (TPSA) is 107 Å². The van der Waals surface area contributed by atoms with Gasteiger partial charge >= 0.3 is 0 Å². The highest BCUT2D eigenvalue weighted by Crippen LogP contribution is 2.79. The predicted molar refractivity (Wildman–Crippen MR) is 299 cm³/mol. The molecule has 73 heavy (non-hydrogen) atoms. The number of carbonyl (C=O) groups excluding carboxylic acids is 2. The Balaban J connectivity index is 0.000000151. The van der Waals surface area contributed by atoms with Crippen molar-refractivity contribution in [2.75, 3.05) is 13.2 Å². The molecule has 1 aliphatic heterocycles. The monoisotopic (exact) mass is 1010 g/mol. The standard InChI is InChI=1S/C30H50O2.C30H48O.C7H11NO2/c1-19(2)20-10-15-30(18-31)17-16-28(6)21(25(20)30)8-9-23-27(5)13-12-24(32)26(3,4)22(27)11-14-29(23,28)7;1-20(2)21-11-16-30(19-31)18-17-28(6)22(25(21)30)9-10-24-27(5)14-8-13-26(3,4)23(27)12-15-29(24,28)7;1-7(2)3-5(9)8-6(10)4-7/h20-25,31-32H,1,8-18H2,2-7H3;8,13,21-25,31H,1,9-12,14-19H2,2-7H3;3-4H2,1-2H3,(H,8,9,10)/t20-,21?,22?,23?,24-,25?,27-,28+,29+,30+;21-,22?,23?,24?,25?,27-,28+,29+,30+;/m00./s1. The minimum absolute atomic E-state index is 0.0290. The van der Waals surface area contributed by atoms with Crippen molar-refractivity contribution >= 4 is 11.8 Å². The lowest BCUT2D eigenvalue weighted by Gasteiger charge is -2.73. The lowest BCUT2D eigenvalue weighted by Crippen LogP contribution is -2.66. The number of imide groups is 1. The molecule has 10 fully saturated rings. The van der Waals surface area contributed by atoms with Gasteiger partial charge in [0.05, 0.1) is 6.10 Å². The smallest absolute Gasteiger partial charge is 0.227 e. The summed E-state index contributed by atoms with van der Waals surface area (Å²) in [5.41, 5.74) is 5.61. The molecule has 1 saturated heterocycles. The van der Waals surface area contributed by atoms with Crippen molar-refractivity contribution in [2.45, 2.75) is 238 Å². The number of nitrogens with one attached hydrogen (secondary N) is 1. The van der Waals surface area contributed by atoms with Crippen molar-refractivity contribution in [3.63, 3.8) is 0 Å². The molecule has 11 aliphatic rings. The van der Waals surface area contributed by atoms with Crippen molar-refractivity contribution in [2.24, 2.45) is 119 Å². The van der Waals surface area contributed by atoms with E-state index >= 15 is 0 Å². The molecule has 0 radical (unpaired) electrons. The van der Waals surface area contributed by atoms with Crippen LogP contribution in [0.2, 0.25) is 0 Å². The van der Waals surface area contributed by atoms with E-state index in [1.165, 1.54) is 127 Å². The first kappa shape index (κ1) is 56.0. The van der Waals surface area contributed by atoms with Crippen molar-refractivity contribution in [3.05, 3.63) is 36.5 Å².